The van der Waals surface area contributed by atoms with Crippen molar-refractivity contribution in [1.82, 2.24) is 19.6 Å². The van der Waals surface area contributed by atoms with Crippen molar-refractivity contribution in [3.63, 3.8) is 0 Å². The van der Waals surface area contributed by atoms with Gasteiger partial charge >= 0.3 is 0 Å². The molecule has 3 aromatic heterocycles. The standard InChI is InChI=1S/C17H13N5O2S3/c1-10-8-22-14(24)12(7-18-16(22)26-10)13(23)19-15-20-21-17(27-15)25-9-11-5-3-2-4-6-11/h2-8H,9H2,1H3,(H,19,20,23). The average molecular weight is 416 g/mol. The van der Waals surface area contributed by atoms with E-state index in [1.807, 2.05) is 37.3 Å². The number of hydrogen-bond donors (Lipinski definition) is 1. The highest BCUT2D eigenvalue weighted by atomic mass is 32.2. The summed E-state index contributed by atoms with van der Waals surface area (Å²) in [4.78, 5) is 30.6. The maximum atomic E-state index is 12.5. The summed E-state index contributed by atoms with van der Waals surface area (Å²) in [5, 5.41) is 11.0. The summed E-state index contributed by atoms with van der Waals surface area (Å²) in [5.41, 5.74) is 0.755. The number of benzene rings is 1. The number of anilines is 1. The smallest absolute Gasteiger partial charge is 0.271 e. The van der Waals surface area contributed by atoms with Crippen LogP contribution in [0.5, 0.6) is 0 Å². The van der Waals surface area contributed by atoms with E-state index in [-0.39, 0.29) is 5.56 Å². The van der Waals surface area contributed by atoms with Crippen LogP contribution in [0.25, 0.3) is 4.96 Å². The van der Waals surface area contributed by atoms with Crippen molar-refractivity contribution in [2.75, 3.05) is 5.32 Å². The molecule has 0 unspecified atom stereocenters. The minimum atomic E-state index is -0.540. The number of carbonyl (C=O) groups excluding carboxylic acids is 1. The molecule has 4 aromatic rings. The third-order valence-electron chi connectivity index (χ3n) is 3.60. The number of nitrogens with one attached hydrogen (secondary N) is 1. The summed E-state index contributed by atoms with van der Waals surface area (Å²) < 4.78 is 2.13. The van der Waals surface area contributed by atoms with Gasteiger partial charge in [-0.3, -0.25) is 19.3 Å². The molecular weight excluding hydrogens is 402 g/mol. The van der Waals surface area contributed by atoms with E-state index < -0.39 is 11.5 Å². The molecule has 0 saturated heterocycles. The molecule has 1 amide bonds. The van der Waals surface area contributed by atoms with E-state index in [1.54, 1.807) is 18.0 Å². The number of amides is 1. The lowest BCUT2D eigenvalue weighted by atomic mass is 10.2. The summed E-state index contributed by atoms with van der Waals surface area (Å²) >= 11 is 4.21. The molecule has 0 saturated carbocycles. The molecule has 7 nitrogen and oxygen atoms in total. The second kappa shape index (κ2) is 7.59. The van der Waals surface area contributed by atoms with Crippen LogP contribution in [0.2, 0.25) is 0 Å². The Balaban J connectivity index is 1.46. The Bertz CT molecular complexity index is 1170. The lowest BCUT2D eigenvalue weighted by molar-refractivity contribution is 0.102. The van der Waals surface area contributed by atoms with Crippen LogP contribution in [-0.2, 0) is 5.75 Å². The lowest BCUT2D eigenvalue weighted by Crippen LogP contribution is -2.25. The van der Waals surface area contributed by atoms with Crippen LogP contribution in [0.1, 0.15) is 20.8 Å². The number of thioether (sulfide) groups is 1. The molecule has 10 heteroatoms. The number of rotatable bonds is 5. The van der Waals surface area contributed by atoms with Crippen LogP contribution in [0, 0.1) is 6.92 Å². The van der Waals surface area contributed by atoms with E-state index in [2.05, 4.69) is 20.5 Å². The van der Waals surface area contributed by atoms with Crippen molar-refractivity contribution in [3.8, 4) is 0 Å². The molecule has 0 atom stereocenters. The van der Waals surface area contributed by atoms with E-state index in [9.17, 15) is 9.59 Å². The largest absolute Gasteiger partial charge is 0.296 e. The molecule has 1 aromatic carbocycles. The molecule has 3 heterocycles. The van der Waals surface area contributed by atoms with E-state index in [4.69, 9.17) is 0 Å². The topological polar surface area (TPSA) is 89.2 Å². The van der Waals surface area contributed by atoms with E-state index in [0.717, 1.165) is 15.0 Å². The van der Waals surface area contributed by atoms with Crippen LogP contribution >= 0.6 is 34.4 Å². The first-order valence-corrected chi connectivity index (χ1v) is 10.5. The molecule has 0 fully saturated rings. The summed E-state index contributed by atoms with van der Waals surface area (Å²) in [5.74, 6) is 0.226. The number of nitrogens with zero attached hydrogens (tertiary/aromatic N) is 4. The number of carbonyl (C=O) groups is 1. The summed E-state index contributed by atoms with van der Waals surface area (Å²) in [7, 11) is 0. The molecule has 0 radical (unpaired) electrons. The number of thiazole rings is 1. The zero-order valence-corrected chi connectivity index (χ0v) is 16.5. The van der Waals surface area contributed by atoms with Crippen LogP contribution in [0.15, 0.2) is 51.9 Å². The highest BCUT2D eigenvalue weighted by Crippen LogP contribution is 2.28. The van der Waals surface area contributed by atoms with Crippen molar-refractivity contribution in [1.29, 1.82) is 0 Å². The molecule has 4 rings (SSSR count). The Hall–Kier alpha value is -2.56. The summed E-state index contributed by atoms with van der Waals surface area (Å²) in [6, 6.07) is 10.0. The molecule has 0 bridgehead atoms. The highest BCUT2D eigenvalue weighted by Gasteiger charge is 2.16. The first kappa shape index (κ1) is 17.8. The SMILES string of the molecule is Cc1cn2c(=O)c(C(=O)Nc3nnc(SCc4ccccc4)s3)cnc2s1. The van der Waals surface area contributed by atoms with Gasteiger partial charge in [0.15, 0.2) is 9.30 Å². The molecule has 0 aliphatic carbocycles. The first-order valence-electron chi connectivity index (χ1n) is 7.89. The second-order valence-corrected chi connectivity index (χ2v) is 8.99. The van der Waals surface area contributed by atoms with Gasteiger partial charge in [-0.25, -0.2) is 4.98 Å². The fraction of sp³-hybridized carbons (Fsp3) is 0.118. The highest BCUT2D eigenvalue weighted by molar-refractivity contribution is 8.00. The summed E-state index contributed by atoms with van der Waals surface area (Å²) in [6.45, 7) is 1.88. The van der Waals surface area contributed by atoms with Gasteiger partial charge in [-0.15, -0.1) is 21.5 Å². The van der Waals surface area contributed by atoms with Crippen LogP contribution in [0.4, 0.5) is 5.13 Å². The Morgan fingerprint density at radius 1 is 1.22 bits per heavy atom. The Kier molecular flexibility index (Phi) is 5.01. The fourth-order valence-electron chi connectivity index (χ4n) is 2.35. The van der Waals surface area contributed by atoms with Gasteiger partial charge < -0.3 is 0 Å². The van der Waals surface area contributed by atoms with Gasteiger partial charge in [0.05, 0.1) is 0 Å². The maximum absolute atomic E-state index is 12.5. The number of aryl methyl sites for hydroxylation is 1. The average Bonchev–Trinajstić information content (AvgIpc) is 3.27. The molecule has 136 valence electrons. The molecule has 27 heavy (non-hydrogen) atoms. The summed E-state index contributed by atoms with van der Waals surface area (Å²) in [6.07, 6.45) is 2.98. The second-order valence-electron chi connectivity index (χ2n) is 5.57. The number of fused-ring (bicyclic) bond motifs is 1. The number of aromatic nitrogens is 4. The van der Waals surface area contributed by atoms with E-state index >= 15 is 0 Å². The Morgan fingerprint density at radius 2 is 2.04 bits per heavy atom. The van der Waals surface area contributed by atoms with Crippen LogP contribution < -0.4 is 10.9 Å². The monoisotopic (exact) mass is 415 g/mol. The minimum absolute atomic E-state index is 0.0287. The maximum Gasteiger partial charge on any atom is 0.271 e. The van der Waals surface area contributed by atoms with Gasteiger partial charge in [0.25, 0.3) is 11.5 Å². The van der Waals surface area contributed by atoms with Gasteiger partial charge in [0.1, 0.15) is 5.56 Å². The normalized spacial score (nSPS) is 11.0. The third-order valence-corrected chi connectivity index (χ3v) is 6.55. The van der Waals surface area contributed by atoms with Gasteiger partial charge in [-0.2, -0.15) is 0 Å². The zero-order chi connectivity index (χ0) is 18.8. The molecule has 0 spiro atoms. The Morgan fingerprint density at radius 3 is 2.85 bits per heavy atom. The van der Waals surface area contributed by atoms with Crippen molar-refractivity contribution in [3.05, 3.63) is 69.1 Å². The molecular formula is C17H13N5O2S3. The first-order chi connectivity index (χ1) is 13.1. The predicted molar refractivity (Wildman–Crippen MR) is 108 cm³/mol. The Labute approximate surface area is 166 Å². The van der Waals surface area contributed by atoms with Crippen LogP contribution in [-0.4, -0.2) is 25.5 Å². The van der Waals surface area contributed by atoms with Gasteiger partial charge in [-0.1, -0.05) is 53.4 Å². The van der Waals surface area contributed by atoms with Crippen molar-refractivity contribution in [2.45, 2.75) is 17.0 Å². The van der Waals surface area contributed by atoms with Crippen molar-refractivity contribution < 1.29 is 4.79 Å². The fourth-order valence-corrected chi connectivity index (χ4v) is 4.84. The lowest BCUT2D eigenvalue weighted by Gasteiger charge is -2.00. The molecule has 0 aliphatic heterocycles. The van der Waals surface area contributed by atoms with Gasteiger partial charge in [0.2, 0.25) is 5.13 Å². The number of hydrogen-bond acceptors (Lipinski definition) is 8. The quantitative estimate of drug-likeness (QED) is 0.397. The predicted octanol–water partition coefficient (Wildman–Crippen LogP) is 3.46. The van der Waals surface area contributed by atoms with E-state index in [0.29, 0.717) is 10.1 Å². The molecule has 0 aliphatic rings. The zero-order valence-electron chi connectivity index (χ0n) is 14.1. The van der Waals surface area contributed by atoms with Crippen LogP contribution in [0.3, 0.4) is 0 Å². The third kappa shape index (κ3) is 3.92. The van der Waals surface area contributed by atoms with Gasteiger partial charge in [0, 0.05) is 23.0 Å². The van der Waals surface area contributed by atoms with Gasteiger partial charge in [-0.05, 0) is 12.5 Å². The van der Waals surface area contributed by atoms with E-state index in [1.165, 1.54) is 38.8 Å². The van der Waals surface area contributed by atoms with Crippen molar-refractivity contribution >= 4 is 50.4 Å². The molecule has 1 N–H and O–H groups in total. The minimum Gasteiger partial charge on any atom is -0.296 e. The van der Waals surface area contributed by atoms with Crippen molar-refractivity contribution in [2.24, 2.45) is 0 Å².